The van der Waals surface area contributed by atoms with E-state index in [0.717, 1.165) is 27.2 Å². The summed E-state index contributed by atoms with van der Waals surface area (Å²) in [5, 5.41) is 9.19. The zero-order valence-electron chi connectivity index (χ0n) is 14.9. The molecule has 0 aliphatic heterocycles. The molecule has 0 heterocycles. The molecule has 0 fully saturated rings. The van der Waals surface area contributed by atoms with Gasteiger partial charge >= 0.3 is 5.97 Å². The number of carboxylic acid groups (broad SMARTS) is 1. The minimum atomic E-state index is -2.02. The molecule has 0 atom stereocenters. The largest absolute Gasteiger partial charge is 0.481 e. The maximum absolute atomic E-state index is 13.7. The number of hydrogen-bond acceptors (Lipinski definition) is 2. The fraction of sp³-hybridized carbons (Fsp3) is 0.190. The minimum Gasteiger partial charge on any atom is -0.481 e. The van der Waals surface area contributed by atoms with Gasteiger partial charge in [0.15, 0.2) is 4.90 Å². The van der Waals surface area contributed by atoms with Crippen LogP contribution in [-0.4, -0.2) is 23.6 Å². The first kappa shape index (κ1) is 18.3. The lowest BCUT2D eigenvalue weighted by Crippen LogP contribution is -2.04. The zero-order chi connectivity index (χ0) is 19.1. The number of benzene rings is 2. The highest BCUT2D eigenvalue weighted by molar-refractivity contribution is 8.01. The van der Waals surface area contributed by atoms with Gasteiger partial charge in [-0.3, -0.25) is 4.79 Å². The van der Waals surface area contributed by atoms with Gasteiger partial charge in [0.25, 0.3) is 0 Å². The van der Waals surface area contributed by atoms with Gasteiger partial charge in [-0.15, -0.1) is 4.21 Å². The monoisotopic (exact) mass is 371 g/mol. The Morgan fingerprint density at radius 3 is 2.35 bits per heavy atom. The van der Waals surface area contributed by atoms with Crippen molar-refractivity contribution in [1.82, 2.24) is 0 Å². The molecular formula is C21H20FO3S+. The number of allylic oxidation sites excluding steroid dienone is 2. The molecular weight excluding hydrogens is 351 g/mol. The molecule has 0 saturated heterocycles. The van der Waals surface area contributed by atoms with E-state index in [0.29, 0.717) is 11.1 Å². The van der Waals surface area contributed by atoms with Crippen LogP contribution in [0.25, 0.3) is 17.2 Å². The summed E-state index contributed by atoms with van der Waals surface area (Å²) in [6.07, 6.45) is 5.21. The third-order valence-electron chi connectivity index (χ3n) is 4.54. The molecule has 134 valence electrons. The fourth-order valence-corrected chi connectivity index (χ4v) is 3.98. The number of hydrogen-bond donors (Lipinski definition) is 1. The summed E-state index contributed by atoms with van der Waals surface area (Å²) in [5.74, 6) is -1.33. The molecule has 0 unspecified atom stereocenters. The van der Waals surface area contributed by atoms with Crippen molar-refractivity contribution in [3.8, 4) is 0 Å². The third-order valence-corrected chi connectivity index (χ3v) is 5.95. The molecule has 0 radical (unpaired) electrons. The molecule has 1 aliphatic rings. The Kier molecular flexibility index (Phi) is 4.67. The maximum atomic E-state index is 13.7. The van der Waals surface area contributed by atoms with Gasteiger partial charge in [-0.25, -0.2) is 4.39 Å². The first-order chi connectivity index (χ1) is 12.2. The number of carbonyl (C=O) groups is 1. The number of fused-ring (bicyclic) bond motifs is 1. The van der Waals surface area contributed by atoms with Crippen molar-refractivity contribution in [2.75, 3.05) is 12.5 Å². The number of halogens is 1. The Morgan fingerprint density at radius 1 is 1.12 bits per heavy atom. The summed E-state index contributed by atoms with van der Waals surface area (Å²) in [4.78, 5) is 12.0. The normalized spacial score (nSPS) is 15.5. The second kappa shape index (κ2) is 6.65. The van der Waals surface area contributed by atoms with E-state index in [-0.39, 0.29) is 12.2 Å². The predicted molar refractivity (Wildman–Crippen MR) is 104 cm³/mol. The summed E-state index contributed by atoms with van der Waals surface area (Å²) in [6, 6.07) is 11.9. The molecule has 1 aliphatic carbocycles. The predicted octanol–water partition coefficient (Wildman–Crippen LogP) is 4.75. The maximum Gasteiger partial charge on any atom is 0.307 e. The van der Waals surface area contributed by atoms with E-state index >= 15 is 0 Å². The average Bonchev–Trinajstić information content (AvgIpc) is 2.79. The van der Waals surface area contributed by atoms with Crippen LogP contribution in [0, 0.1) is 5.82 Å². The van der Waals surface area contributed by atoms with Crippen molar-refractivity contribution in [3.05, 3.63) is 70.5 Å². The molecule has 0 spiro atoms. The van der Waals surface area contributed by atoms with Crippen molar-refractivity contribution in [3.63, 3.8) is 0 Å². The van der Waals surface area contributed by atoms with Crippen LogP contribution in [0.3, 0.4) is 0 Å². The van der Waals surface area contributed by atoms with E-state index in [9.17, 15) is 18.5 Å². The smallest absolute Gasteiger partial charge is 0.307 e. The van der Waals surface area contributed by atoms with Gasteiger partial charge in [-0.1, -0.05) is 18.2 Å². The first-order valence-corrected chi connectivity index (χ1v) is 10.5. The molecule has 3 rings (SSSR count). The fourth-order valence-electron chi connectivity index (χ4n) is 3.19. The van der Waals surface area contributed by atoms with Crippen molar-refractivity contribution in [1.29, 1.82) is 0 Å². The average molecular weight is 371 g/mol. The Hall–Kier alpha value is -2.53. The molecule has 0 aromatic heterocycles. The van der Waals surface area contributed by atoms with Crippen LogP contribution in [0.15, 0.2) is 52.9 Å². The van der Waals surface area contributed by atoms with Gasteiger partial charge in [-0.05, 0) is 70.7 Å². The number of carboxylic acids is 1. The van der Waals surface area contributed by atoms with E-state index in [1.54, 1.807) is 18.6 Å². The van der Waals surface area contributed by atoms with Crippen molar-refractivity contribution in [2.45, 2.75) is 18.2 Å². The molecule has 0 bridgehead atoms. The van der Waals surface area contributed by atoms with Crippen LogP contribution in [0.5, 0.6) is 0 Å². The van der Waals surface area contributed by atoms with Crippen LogP contribution in [-0.2, 0) is 18.9 Å². The Bertz CT molecular complexity index is 994. The summed E-state index contributed by atoms with van der Waals surface area (Å²) in [7, 11) is -2.02. The Morgan fingerprint density at radius 2 is 1.77 bits per heavy atom. The van der Waals surface area contributed by atoms with Crippen LogP contribution in [0.2, 0.25) is 0 Å². The molecule has 0 amide bonds. The second-order valence-corrected chi connectivity index (χ2v) is 9.66. The molecule has 3 nitrogen and oxygen atoms in total. The van der Waals surface area contributed by atoms with Gasteiger partial charge in [-0.2, -0.15) is 0 Å². The molecule has 26 heavy (non-hydrogen) atoms. The van der Waals surface area contributed by atoms with Crippen molar-refractivity contribution >= 4 is 33.1 Å². The highest BCUT2D eigenvalue weighted by Gasteiger charge is 2.25. The molecule has 2 aromatic rings. The van der Waals surface area contributed by atoms with E-state index in [4.69, 9.17) is 0 Å². The SMILES string of the molecule is CC1=C(CC(=O)O)c2cc(F)ccc2/C1=C\c1ccc([S+](C)(C)=O)cc1. The lowest BCUT2D eigenvalue weighted by Gasteiger charge is -2.05. The molecule has 1 N–H and O–H groups in total. The van der Waals surface area contributed by atoms with Gasteiger partial charge < -0.3 is 5.11 Å². The quantitative estimate of drug-likeness (QED) is 0.790. The summed E-state index contributed by atoms with van der Waals surface area (Å²) in [6.45, 7) is 1.86. The molecule has 5 heteroatoms. The van der Waals surface area contributed by atoms with Crippen LogP contribution < -0.4 is 0 Å². The third kappa shape index (κ3) is 3.53. The topological polar surface area (TPSA) is 54.4 Å². The summed E-state index contributed by atoms with van der Waals surface area (Å²) >= 11 is 0. The van der Waals surface area contributed by atoms with E-state index in [1.807, 2.05) is 37.3 Å². The van der Waals surface area contributed by atoms with E-state index in [2.05, 4.69) is 0 Å². The summed E-state index contributed by atoms with van der Waals surface area (Å²) < 4.78 is 25.8. The van der Waals surface area contributed by atoms with Gasteiger partial charge in [0.1, 0.15) is 28.3 Å². The van der Waals surface area contributed by atoms with Gasteiger partial charge in [0.05, 0.1) is 6.42 Å². The Labute approximate surface area is 153 Å². The lowest BCUT2D eigenvalue weighted by molar-refractivity contribution is -0.135. The van der Waals surface area contributed by atoms with E-state index in [1.165, 1.54) is 12.1 Å². The minimum absolute atomic E-state index is 0.147. The van der Waals surface area contributed by atoms with Crippen LogP contribution in [0.4, 0.5) is 4.39 Å². The molecule has 0 saturated carbocycles. The number of aliphatic carboxylic acids is 1. The Balaban J connectivity index is 2.09. The second-order valence-electron chi connectivity index (χ2n) is 6.72. The summed E-state index contributed by atoms with van der Waals surface area (Å²) in [5.41, 5.74) is 4.75. The van der Waals surface area contributed by atoms with E-state index < -0.39 is 15.9 Å². The standard InChI is InChI=1S/C21H19FO3S/c1-13-18(10-14-4-7-16(8-5-14)26(2,3)25)17-9-6-15(22)11-20(17)19(13)12-21(23)24/h4-11H,12H2,1-3H3/p+1/b18-10-. The van der Waals surface area contributed by atoms with Gasteiger partial charge in [0.2, 0.25) is 0 Å². The van der Waals surface area contributed by atoms with Crippen LogP contribution >= 0.6 is 0 Å². The van der Waals surface area contributed by atoms with Crippen LogP contribution in [0.1, 0.15) is 30.0 Å². The molecule has 2 aromatic carbocycles. The van der Waals surface area contributed by atoms with Gasteiger partial charge in [0, 0.05) is 0 Å². The highest BCUT2D eigenvalue weighted by atomic mass is 32.2. The number of rotatable bonds is 4. The van der Waals surface area contributed by atoms with Crippen molar-refractivity contribution < 1.29 is 18.5 Å². The first-order valence-electron chi connectivity index (χ1n) is 8.15. The highest BCUT2D eigenvalue weighted by Crippen LogP contribution is 2.43. The lowest BCUT2D eigenvalue weighted by atomic mass is 10.0. The van der Waals surface area contributed by atoms with Crippen molar-refractivity contribution in [2.24, 2.45) is 0 Å². The zero-order valence-corrected chi connectivity index (χ0v) is 15.7.